The fourth-order valence-corrected chi connectivity index (χ4v) is 4.99. The van der Waals surface area contributed by atoms with Gasteiger partial charge in [-0.25, -0.2) is 13.9 Å². The maximum Gasteiger partial charge on any atom is 0.290 e. The smallest absolute Gasteiger partial charge is 0.290 e. The molecule has 39 heavy (non-hydrogen) atoms. The molecule has 13 heteroatoms. The molecule has 3 aromatic rings. The van der Waals surface area contributed by atoms with Crippen LogP contribution in [0, 0.1) is 0 Å². The van der Waals surface area contributed by atoms with Gasteiger partial charge in [0, 0.05) is 44.0 Å². The van der Waals surface area contributed by atoms with Gasteiger partial charge in [-0.15, -0.1) is 0 Å². The van der Waals surface area contributed by atoms with Gasteiger partial charge in [0.2, 0.25) is 0 Å². The number of morpholine rings is 1. The molecule has 1 fully saturated rings. The lowest BCUT2D eigenvalue weighted by Gasteiger charge is -2.26. The van der Waals surface area contributed by atoms with E-state index in [0.29, 0.717) is 6.61 Å². The van der Waals surface area contributed by atoms with Gasteiger partial charge in [-0.1, -0.05) is 18.2 Å². The Morgan fingerprint density at radius 3 is 2.41 bits per heavy atom. The molecule has 0 bridgehead atoms. The van der Waals surface area contributed by atoms with E-state index in [1.165, 1.54) is 12.4 Å². The number of amides is 1. The molecular formula is C26H34N4O8S. The third-order valence-corrected chi connectivity index (χ3v) is 8.76. The van der Waals surface area contributed by atoms with Crippen LogP contribution in [0.5, 0.6) is 5.75 Å². The van der Waals surface area contributed by atoms with E-state index in [2.05, 4.69) is 10.00 Å². The Kier molecular flexibility index (Phi) is 10.4. The van der Waals surface area contributed by atoms with Crippen LogP contribution in [0.4, 0.5) is 0 Å². The Balaban J connectivity index is 0.00000134. The van der Waals surface area contributed by atoms with Crippen molar-refractivity contribution in [2.24, 2.45) is 0 Å². The number of hydrogen-bond acceptors (Lipinski definition) is 9. The van der Waals surface area contributed by atoms with Crippen molar-refractivity contribution in [1.29, 1.82) is 0 Å². The number of benzene rings is 2. The van der Waals surface area contributed by atoms with Gasteiger partial charge in [-0.3, -0.25) is 24.4 Å². The number of rotatable bonds is 10. The van der Waals surface area contributed by atoms with E-state index in [1.54, 1.807) is 4.68 Å². The van der Waals surface area contributed by atoms with E-state index in [4.69, 9.17) is 24.6 Å². The van der Waals surface area contributed by atoms with Crippen LogP contribution in [0.25, 0.3) is 22.0 Å². The molecule has 2 heterocycles. The topological polar surface area (TPSA) is 160 Å². The number of fused-ring (bicyclic) bond motifs is 1. The van der Waals surface area contributed by atoms with Crippen molar-refractivity contribution in [3.05, 3.63) is 48.7 Å². The van der Waals surface area contributed by atoms with E-state index < -0.39 is 20.5 Å². The zero-order chi connectivity index (χ0) is 28.5. The van der Waals surface area contributed by atoms with Crippen molar-refractivity contribution < 1.29 is 37.8 Å². The molecule has 212 valence electrons. The number of carbonyl (C=O) groups is 2. The first-order valence-corrected chi connectivity index (χ1v) is 14.2. The first kappa shape index (κ1) is 30.0. The predicted molar refractivity (Wildman–Crippen MR) is 144 cm³/mol. The minimum absolute atomic E-state index is 0.0356. The summed E-state index contributed by atoms with van der Waals surface area (Å²) >= 11 is 0. The van der Waals surface area contributed by atoms with E-state index >= 15 is 0 Å². The highest BCUT2D eigenvalue weighted by molar-refractivity contribution is 7.92. The largest absolute Gasteiger partial charge is 0.492 e. The Bertz CT molecular complexity index is 1350. The highest BCUT2D eigenvalue weighted by Gasteiger charge is 2.43. The Hall–Kier alpha value is -3.52. The summed E-state index contributed by atoms with van der Waals surface area (Å²) in [5.74, 6) is -0.140. The van der Waals surface area contributed by atoms with Crippen molar-refractivity contribution in [2.75, 3.05) is 45.7 Å². The molecular weight excluding hydrogens is 528 g/mol. The third kappa shape index (κ3) is 7.76. The lowest BCUT2D eigenvalue weighted by atomic mass is 10.0. The van der Waals surface area contributed by atoms with Crippen LogP contribution >= 0.6 is 0 Å². The van der Waals surface area contributed by atoms with Crippen molar-refractivity contribution in [1.82, 2.24) is 20.2 Å². The van der Waals surface area contributed by atoms with Crippen molar-refractivity contribution in [3.63, 3.8) is 0 Å². The molecule has 1 atom stereocenters. The van der Waals surface area contributed by atoms with Crippen LogP contribution in [0.1, 0.15) is 13.3 Å². The number of carboxylic acid groups (broad SMARTS) is 1. The number of aryl methyl sites for hydroxylation is 1. The summed E-state index contributed by atoms with van der Waals surface area (Å²) in [6.45, 7) is 6.18. The second kappa shape index (κ2) is 13.5. The third-order valence-electron chi connectivity index (χ3n) is 6.74. The average Bonchev–Trinajstić information content (AvgIpc) is 3.34. The zero-order valence-electron chi connectivity index (χ0n) is 21.9. The number of hydrogen-bond donors (Lipinski definition) is 3. The molecule has 1 aliphatic rings. The Morgan fingerprint density at radius 1 is 1.15 bits per heavy atom. The van der Waals surface area contributed by atoms with Gasteiger partial charge in [-0.2, -0.15) is 5.10 Å². The molecule has 2 aromatic carbocycles. The number of nitrogens with zero attached hydrogens (tertiary/aromatic N) is 3. The Labute approximate surface area is 227 Å². The summed E-state index contributed by atoms with van der Waals surface area (Å²) in [6, 6.07) is 13.9. The second-order valence-corrected chi connectivity index (χ2v) is 11.7. The molecule has 0 saturated carbocycles. The molecule has 3 N–H and O–H groups in total. The van der Waals surface area contributed by atoms with Gasteiger partial charge >= 0.3 is 0 Å². The van der Waals surface area contributed by atoms with E-state index in [0.717, 1.165) is 66.9 Å². The number of ether oxygens (including phenoxy) is 2. The molecule has 0 unspecified atom stereocenters. The van der Waals surface area contributed by atoms with Crippen molar-refractivity contribution in [3.8, 4) is 16.9 Å². The summed E-state index contributed by atoms with van der Waals surface area (Å²) in [4.78, 5) is 22.7. The molecule has 1 saturated heterocycles. The standard InChI is InChI=1S/C25H32N4O6S.CH2O2/c1-25(24(30)27-31,36(2,32)33)9-10-29-18-21-17-20(5-8-23(21)26-29)19-3-6-22(7-4-19)35-16-13-28-11-14-34-15-12-28;2-1-3/h3-8,17-18,31H,9-16H2,1-2H3,(H,27,30);1H,(H,2,3)/t25-;/m1./s1. The van der Waals surface area contributed by atoms with Crippen LogP contribution < -0.4 is 10.2 Å². The Morgan fingerprint density at radius 2 is 1.79 bits per heavy atom. The number of carbonyl (C=O) groups excluding carboxylic acids is 1. The highest BCUT2D eigenvalue weighted by Crippen LogP contribution is 2.27. The zero-order valence-corrected chi connectivity index (χ0v) is 22.8. The van der Waals surface area contributed by atoms with Gasteiger partial charge in [0.25, 0.3) is 12.4 Å². The fourth-order valence-electron chi connectivity index (χ4n) is 4.15. The number of aromatic nitrogens is 2. The summed E-state index contributed by atoms with van der Waals surface area (Å²) in [5, 5.41) is 21.3. The first-order valence-electron chi connectivity index (χ1n) is 12.3. The van der Waals surface area contributed by atoms with E-state index in [-0.39, 0.29) is 19.4 Å². The average molecular weight is 563 g/mol. The summed E-state index contributed by atoms with van der Waals surface area (Å²) in [6.07, 6.45) is 2.77. The summed E-state index contributed by atoms with van der Waals surface area (Å²) in [5.41, 5.74) is 4.28. The van der Waals surface area contributed by atoms with Gasteiger partial charge < -0.3 is 14.6 Å². The highest BCUT2D eigenvalue weighted by atomic mass is 32.2. The maximum atomic E-state index is 12.2. The van der Waals surface area contributed by atoms with Crippen LogP contribution in [0.15, 0.2) is 48.7 Å². The van der Waals surface area contributed by atoms with Gasteiger partial charge in [0.1, 0.15) is 12.4 Å². The first-order chi connectivity index (χ1) is 18.6. The minimum atomic E-state index is -3.77. The maximum absolute atomic E-state index is 12.2. The van der Waals surface area contributed by atoms with E-state index in [1.807, 2.05) is 48.7 Å². The van der Waals surface area contributed by atoms with E-state index in [9.17, 15) is 13.2 Å². The normalized spacial score (nSPS) is 15.6. The molecule has 1 amide bonds. The van der Waals surface area contributed by atoms with Crippen molar-refractivity contribution in [2.45, 2.75) is 24.6 Å². The molecule has 4 rings (SSSR count). The molecule has 1 aliphatic heterocycles. The summed E-state index contributed by atoms with van der Waals surface area (Å²) in [7, 11) is -3.77. The van der Waals surface area contributed by atoms with Crippen LogP contribution in [0.2, 0.25) is 0 Å². The monoisotopic (exact) mass is 562 g/mol. The molecule has 0 aliphatic carbocycles. The molecule has 1 aromatic heterocycles. The predicted octanol–water partition coefficient (Wildman–Crippen LogP) is 1.81. The quantitative estimate of drug-likeness (QED) is 0.189. The minimum Gasteiger partial charge on any atom is -0.492 e. The number of nitrogens with one attached hydrogen (secondary N) is 1. The molecule has 0 radical (unpaired) electrons. The molecule has 12 nitrogen and oxygen atoms in total. The lowest BCUT2D eigenvalue weighted by molar-refractivity contribution is -0.131. The SMILES string of the molecule is C[C@@](CCn1cc2cc(-c3ccc(OCCN4CCOCC4)cc3)ccc2n1)(C(=O)NO)S(C)(=O)=O.O=CO. The van der Waals surface area contributed by atoms with Crippen molar-refractivity contribution >= 4 is 33.1 Å². The van der Waals surface area contributed by atoms with Crippen LogP contribution in [-0.4, -0.2) is 96.2 Å². The lowest BCUT2D eigenvalue weighted by Crippen LogP contribution is -2.49. The molecule has 0 spiro atoms. The van der Waals surface area contributed by atoms with Gasteiger partial charge in [0.15, 0.2) is 14.6 Å². The number of sulfone groups is 1. The summed E-state index contributed by atoms with van der Waals surface area (Å²) < 4.78 is 35.5. The van der Waals surface area contributed by atoms with Gasteiger partial charge in [-0.05, 0) is 48.7 Å². The van der Waals surface area contributed by atoms with Crippen LogP contribution in [0.3, 0.4) is 0 Å². The second-order valence-electron chi connectivity index (χ2n) is 9.29. The van der Waals surface area contributed by atoms with Crippen LogP contribution in [-0.2, 0) is 30.7 Å². The fraction of sp³-hybridized carbons (Fsp3) is 0.423. The number of hydroxylamine groups is 1. The van der Waals surface area contributed by atoms with Gasteiger partial charge in [0.05, 0.1) is 18.7 Å².